The smallest absolute Gasteiger partial charge is 0.0295 e. The molecule has 15 heavy (non-hydrogen) atoms. The van der Waals surface area contributed by atoms with Crippen LogP contribution in [0.2, 0.25) is 0 Å². The second kappa shape index (κ2) is 5.32. The third-order valence-corrected chi connectivity index (χ3v) is 3.01. The fraction of sp³-hybridized carbons (Fsp3) is 0.571. The fourth-order valence-corrected chi connectivity index (χ4v) is 1.67. The Morgan fingerprint density at radius 2 is 1.73 bits per heavy atom. The van der Waals surface area contributed by atoms with Crippen LogP contribution in [0.15, 0.2) is 18.2 Å². The van der Waals surface area contributed by atoms with Crippen molar-refractivity contribution >= 4 is 0 Å². The van der Waals surface area contributed by atoms with Crippen LogP contribution in [0.3, 0.4) is 0 Å². The predicted molar refractivity (Wildman–Crippen MR) is 66.9 cm³/mol. The minimum atomic E-state index is 0.201. The monoisotopic (exact) mass is 205 g/mol. The highest BCUT2D eigenvalue weighted by Crippen LogP contribution is 2.20. The number of hydrogen-bond donors (Lipinski definition) is 1. The van der Waals surface area contributed by atoms with Crippen LogP contribution in [0.4, 0.5) is 0 Å². The van der Waals surface area contributed by atoms with E-state index in [9.17, 15) is 0 Å². The Morgan fingerprint density at radius 1 is 1.07 bits per heavy atom. The molecule has 1 heteroatoms. The zero-order chi connectivity index (χ0) is 11.4. The Labute approximate surface area is 93.7 Å². The van der Waals surface area contributed by atoms with E-state index in [0.717, 1.165) is 12.3 Å². The minimum absolute atomic E-state index is 0.201. The van der Waals surface area contributed by atoms with Gasteiger partial charge in [-0.15, -0.1) is 0 Å². The van der Waals surface area contributed by atoms with Crippen LogP contribution in [-0.2, 0) is 0 Å². The Bertz CT molecular complexity index is 315. The molecule has 0 amide bonds. The summed E-state index contributed by atoms with van der Waals surface area (Å²) in [4.78, 5) is 0. The van der Waals surface area contributed by atoms with Gasteiger partial charge in [0.1, 0.15) is 0 Å². The summed E-state index contributed by atoms with van der Waals surface area (Å²) >= 11 is 0. The van der Waals surface area contributed by atoms with Crippen LogP contribution < -0.4 is 5.73 Å². The lowest BCUT2D eigenvalue weighted by Gasteiger charge is -2.14. The molecule has 0 aliphatic carbocycles. The molecule has 0 aliphatic heterocycles. The van der Waals surface area contributed by atoms with E-state index in [1.165, 1.54) is 23.1 Å². The normalized spacial score (nSPS) is 13.2. The SMILES string of the molecule is Cc1ccc([C@@H](N)CCC(C)C)cc1C. The Hall–Kier alpha value is -0.820. The molecule has 1 atom stereocenters. The van der Waals surface area contributed by atoms with E-state index < -0.39 is 0 Å². The first-order valence-electron chi connectivity index (χ1n) is 5.83. The van der Waals surface area contributed by atoms with E-state index in [4.69, 9.17) is 5.73 Å². The maximum atomic E-state index is 6.16. The van der Waals surface area contributed by atoms with Crippen LogP contribution in [0.5, 0.6) is 0 Å². The second-order valence-electron chi connectivity index (χ2n) is 4.92. The maximum Gasteiger partial charge on any atom is 0.0295 e. The summed E-state index contributed by atoms with van der Waals surface area (Å²) < 4.78 is 0. The molecule has 0 bridgehead atoms. The highest BCUT2D eigenvalue weighted by atomic mass is 14.6. The van der Waals surface area contributed by atoms with Crippen LogP contribution in [0.1, 0.15) is 49.4 Å². The molecule has 0 fully saturated rings. The number of benzene rings is 1. The molecule has 1 aromatic carbocycles. The molecular formula is C14H23N. The molecule has 1 nitrogen and oxygen atoms in total. The van der Waals surface area contributed by atoms with E-state index >= 15 is 0 Å². The van der Waals surface area contributed by atoms with Gasteiger partial charge in [0.25, 0.3) is 0 Å². The lowest BCUT2D eigenvalue weighted by atomic mass is 9.96. The van der Waals surface area contributed by atoms with Crippen LogP contribution >= 0.6 is 0 Å². The van der Waals surface area contributed by atoms with E-state index in [1.54, 1.807) is 0 Å². The van der Waals surface area contributed by atoms with Gasteiger partial charge in [-0.2, -0.15) is 0 Å². The van der Waals surface area contributed by atoms with Crippen molar-refractivity contribution in [3.05, 3.63) is 34.9 Å². The van der Waals surface area contributed by atoms with Gasteiger partial charge in [-0.05, 0) is 49.3 Å². The van der Waals surface area contributed by atoms with Gasteiger partial charge in [0, 0.05) is 6.04 Å². The second-order valence-corrected chi connectivity index (χ2v) is 4.92. The van der Waals surface area contributed by atoms with E-state index in [-0.39, 0.29) is 6.04 Å². The van der Waals surface area contributed by atoms with Gasteiger partial charge in [0.05, 0.1) is 0 Å². The molecule has 84 valence electrons. The fourth-order valence-electron chi connectivity index (χ4n) is 1.67. The standard InChI is InChI=1S/C14H23N/c1-10(2)5-8-14(15)13-7-6-11(3)12(4)9-13/h6-7,9-10,14H,5,8,15H2,1-4H3/t14-/m0/s1. The van der Waals surface area contributed by atoms with Gasteiger partial charge in [0.2, 0.25) is 0 Å². The summed E-state index contributed by atoms with van der Waals surface area (Å²) in [5.41, 5.74) is 10.1. The topological polar surface area (TPSA) is 26.0 Å². The van der Waals surface area contributed by atoms with Gasteiger partial charge < -0.3 is 5.73 Å². The molecule has 1 aromatic rings. The summed E-state index contributed by atoms with van der Waals surface area (Å²) in [5.74, 6) is 0.739. The number of rotatable bonds is 4. The van der Waals surface area contributed by atoms with Crippen molar-refractivity contribution < 1.29 is 0 Å². The van der Waals surface area contributed by atoms with Gasteiger partial charge >= 0.3 is 0 Å². The number of aryl methyl sites for hydroxylation is 2. The van der Waals surface area contributed by atoms with Crippen LogP contribution in [-0.4, -0.2) is 0 Å². The summed E-state index contributed by atoms with van der Waals surface area (Å²) in [5, 5.41) is 0. The quantitative estimate of drug-likeness (QED) is 0.796. The Balaban J connectivity index is 2.65. The van der Waals surface area contributed by atoms with Crippen molar-refractivity contribution in [1.29, 1.82) is 0 Å². The molecule has 1 rings (SSSR count). The van der Waals surface area contributed by atoms with Crippen molar-refractivity contribution in [2.45, 2.75) is 46.6 Å². The molecule has 0 heterocycles. The largest absolute Gasteiger partial charge is 0.324 e. The van der Waals surface area contributed by atoms with Crippen LogP contribution in [0.25, 0.3) is 0 Å². The summed E-state index contributed by atoms with van der Waals surface area (Å²) in [6.45, 7) is 8.77. The average Bonchev–Trinajstić information content (AvgIpc) is 2.18. The highest BCUT2D eigenvalue weighted by molar-refractivity contribution is 5.31. The average molecular weight is 205 g/mol. The van der Waals surface area contributed by atoms with Crippen molar-refractivity contribution in [3.8, 4) is 0 Å². The van der Waals surface area contributed by atoms with E-state index in [0.29, 0.717) is 0 Å². The zero-order valence-corrected chi connectivity index (χ0v) is 10.4. The van der Waals surface area contributed by atoms with Crippen molar-refractivity contribution in [2.24, 2.45) is 11.7 Å². The van der Waals surface area contributed by atoms with E-state index in [2.05, 4.69) is 45.9 Å². The van der Waals surface area contributed by atoms with Crippen molar-refractivity contribution in [1.82, 2.24) is 0 Å². The lowest BCUT2D eigenvalue weighted by molar-refractivity contribution is 0.507. The molecule has 0 aliphatic rings. The first kappa shape index (κ1) is 12.3. The molecule has 0 radical (unpaired) electrons. The van der Waals surface area contributed by atoms with Gasteiger partial charge in [-0.3, -0.25) is 0 Å². The summed E-state index contributed by atoms with van der Waals surface area (Å²) in [7, 11) is 0. The maximum absolute atomic E-state index is 6.16. The lowest BCUT2D eigenvalue weighted by Crippen LogP contribution is -2.11. The first-order chi connectivity index (χ1) is 7.00. The Kier molecular flexibility index (Phi) is 4.34. The summed E-state index contributed by atoms with van der Waals surface area (Å²) in [6.07, 6.45) is 2.29. The minimum Gasteiger partial charge on any atom is -0.324 e. The summed E-state index contributed by atoms with van der Waals surface area (Å²) in [6, 6.07) is 6.75. The molecule has 2 N–H and O–H groups in total. The molecule has 0 spiro atoms. The van der Waals surface area contributed by atoms with Crippen molar-refractivity contribution in [3.63, 3.8) is 0 Å². The molecule has 0 saturated heterocycles. The number of hydrogen-bond acceptors (Lipinski definition) is 1. The predicted octanol–water partition coefficient (Wildman–Crippen LogP) is 3.74. The zero-order valence-electron chi connectivity index (χ0n) is 10.4. The van der Waals surface area contributed by atoms with Crippen molar-refractivity contribution in [2.75, 3.05) is 0 Å². The third-order valence-electron chi connectivity index (χ3n) is 3.01. The molecular weight excluding hydrogens is 182 g/mol. The molecule has 0 saturated carbocycles. The van der Waals surface area contributed by atoms with Gasteiger partial charge in [0.15, 0.2) is 0 Å². The van der Waals surface area contributed by atoms with Gasteiger partial charge in [-0.1, -0.05) is 32.0 Å². The Morgan fingerprint density at radius 3 is 2.27 bits per heavy atom. The molecule has 0 unspecified atom stereocenters. The van der Waals surface area contributed by atoms with E-state index in [1.807, 2.05) is 0 Å². The highest BCUT2D eigenvalue weighted by Gasteiger charge is 2.07. The third kappa shape index (κ3) is 3.67. The first-order valence-corrected chi connectivity index (χ1v) is 5.83. The van der Waals surface area contributed by atoms with Crippen LogP contribution in [0, 0.1) is 19.8 Å². The van der Waals surface area contributed by atoms with Gasteiger partial charge in [-0.25, -0.2) is 0 Å². The molecule has 0 aromatic heterocycles. The number of nitrogens with two attached hydrogens (primary N) is 1.